The maximum Gasteiger partial charge on any atom is 0.416 e. The molecule has 1 saturated carbocycles. The van der Waals surface area contributed by atoms with Crippen LogP contribution in [0.4, 0.5) is 26.3 Å². The number of rotatable bonds is 5. The van der Waals surface area contributed by atoms with Crippen molar-refractivity contribution in [3.8, 4) is 0 Å². The van der Waals surface area contributed by atoms with Crippen molar-refractivity contribution >= 4 is 12.2 Å². The van der Waals surface area contributed by atoms with Gasteiger partial charge in [0.05, 0.1) is 30.2 Å². The molecular weight excluding hydrogens is 450 g/mol. The lowest BCUT2D eigenvalue weighted by Crippen LogP contribution is -2.60. The molecule has 2 aromatic rings. The van der Waals surface area contributed by atoms with E-state index in [0.29, 0.717) is 25.0 Å². The molecule has 0 bridgehead atoms. The van der Waals surface area contributed by atoms with Gasteiger partial charge in [-0.3, -0.25) is 9.79 Å². The standard InChI is InChI=1S/C23H20F6N2O2/c1-14(15-7-17(22(24,25)26)9-18(8-15)23(27,28)29)33-12-20(16-5-3-2-4-6-16)10-21(11-20)19(32)30-13-31-21/h2-9,13-14H,10-12H2,1H3,(H,30,31,32)/t14-,20-,21+/m1/s1. The summed E-state index contributed by atoms with van der Waals surface area (Å²) < 4.78 is 85.1. The van der Waals surface area contributed by atoms with Gasteiger partial charge >= 0.3 is 12.4 Å². The van der Waals surface area contributed by atoms with E-state index >= 15 is 0 Å². The Hall–Kier alpha value is -2.88. The number of amides is 1. The molecule has 33 heavy (non-hydrogen) atoms. The van der Waals surface area contributed by atoms with Gasteiger partial charge in [0.25, 0.3) is 5.91 Å². The van der Waals surface area contributed by atoms with Gasteiger partial charge in [-0.05, 0) is 49.1 Å². The highest BCUT2D eigenvalue weighted by atomic mass is 19.4. The molecule has 1 amide bonds. The Morgan fingerprint density at radius 3 is 2.06 bits per heavy atom. The number of alkyl halides is 6. The van der Waals surface area contributed by atoms with Gasteiger partial charge in [0.15, 0.2) is 0 Å². The van der Waals surface area contributed by atoms with Crippen LogP contribution in [0.1, 0.15) is 48.1 Å². The lowest BCUT2D eigenvalue weighted by Gasteiger charge is -2.51. The predicted molar refractivity (Wildman–Crippen MR) is 108 cm³/mol. The van der Waals surface area contributed by atoms with Crippen LogP contribution in [0.5, 0.6) is 0 Å². The van der Waals surface area contributed by atoms with Crippen LogP contribution in [0.15, 0.2) is 53.5 Å². The summed E-state index contributed by atoms with van der Waals surface area (Å²) in [5.41, 5.74) is -3.73. The second-order valence-electron chi connectivity index (χ2n) is 8.56. The van der Waals surface area contributed by atoms with E-state index in [0.717, 1.165) is 5.56 Å². The molecule has 1 heterocycles. The van der Waals surface area contributed by atoms with Crippen molar-refractivity contribution in [3.63, 3.8) is 0 Å². The van der Waals surface area contributed by atoms with Gasteiger partial charge < -0.3 is 10.1 Å². The number of carbonyl (C=O) groups is 1. The van der Waals surface area contributed by atoms with Gasteiger partial charge in [0.2, 0.25) is 0 Å². The maximum atomic E-state index is 13.2. The number of hydrogen-bond donors (Lipinski definition) is 1. The Kier molecular flexibility index (Phi) is 5.55. The number of ether oxygens (including phenoxy) is 1. The predicted octanol–water partition coefficient (Wildman–Crippen LogP) is 5.43. The molecule has 176 valence electrons. The Balaban J connectivity index is 1.59. The van der Waals surface area contributed by atoms with Crippen LogP contribution in [-0.2, 0) is 27.3 Å². The van der Waals surface area contributed by atoms with E-state index in [-0.39, 0.29) is 24.1 Å². The quantitative estimate of drug-likeness (QED) is 0.593. The topological polar surface area (TPSA) is 50.7 Å². The van der Waals surface area contributed by atoms with Crippen LogP contribution in [0.2, 0.25) is 0 Å². The van der Waals surface area contributed by atoms with Gasteiger partial charge in [0, 0.05) is 5.41 Å². The van der Waals surface area contributed by atoms with E-state index in [1.54, 1.807) is 0 Å². The van der Waals surface area contributed by atoms with E-state index in [1.807, 2.05) is 30.3 Å². The smallest absolute Gasteiger partial charge is 0.373 e. The summed E-state index contributed by atoms with van der Waals surface area (Å²) in [5, 5.41) is 2.55. The minimum absolute atomic E-state index is 0.000324. The van der Waals surface area contributed by atoms with Crippen LogP contribution >= 0.6 is 0 Å². The largest absolute Gasteiger partial charge is 0.416 e. The van der Waals surface area contributed by atoms with Crippen LogP contribution in [0, 0.1) is 0 Å². The van der Waals surface area contributed by atoms with E-state index < -0.39 is 40.5 Å². The number of aliphatic imine (C=N–C) groups is 1. The first kappa shape index (κ1) is 23.3. The van der Waals surface area contributed by atoms with Crippen LogP contribution in [0.25, 0.3) is 0 Å². The normalized spacial score (nSPS) is 25.7. The summed E-state index contributed by atoms with van der Waals surface area (Å²) in [6.45, 7) is 1.41. The summed E-state index contributed by atoms with van der Waals surface area (Å²) in [6.07, 6.45) is -8.96. The van der Waals surface area contributed by atoms with Crippen molar-refractivity contribution in [2.45, 2.75) is 49.2 Å². The first-order chi connectivity index (χ1) is 15.3. The number of benzene rings is 2. The fourth-order valence-corrected chi connectivity index (χ4v) is 4.50. The number of nitrogens with zero attached hydrogens (tertiary/aromatic N) is 1. The molecule has 4 rings (SSSR count). The fraction of sp³-hybridized carbons (Fsp3) is 0.391. The molecule has 2 aromatic carbocycles. The first-order valence-corrected chi connectivity index (χ1v) is 10.2. The Morgan fingerprint density at radius 2 is 1.58 bits per heavy atom. The SMILES string of the molecule is C[C@@H](OC[C@]1(c2ccccc2)C[C@]2(C1)N=CNC2=O)c1cc(C(F)(F)F)cc(C(F)(F)F)c1. The molecule has 10 heteroatoms. The zero-order valence-corrected chi connectivity index (χ0v) is 17.4. The minimum atomic E-state index is -4.94. The first-order valence-electron chi connectivity index (χ1n) is 10.2. The molecule has 1 spiro atoms. The van der Waals surface area contributed by atoms with Gasteiger partial charge in [-0.15, -0.1) is 0 Å². The van der Waals surface area contributed by atoms with Crippen LogP contribution < -0.4 is 5.32 Å². The van der Waals surface area contributed by atoms with Crippen LogP contribution in [-0.4, -0.2) is 24.4 Å². The zero-order chi connectivity index (χ0) is 24.1. The van der Waals surface area contributed by atoms with Crippen LogP contribution in [0.3, 0.4) is 0 Å². The van der Waals surface area contributed by atoms with E-state index in [9.17, 15) is 31.1 Å². The molecule has 0 radical (unpaired) electrons. The van der Waals surface area contributed by atoms with Crippen molar-refractivity contribution in [2.24, 2.45) is 4.99 Å². The zero-order valence-electron chi connectivity index (χ0n) is 17.4. The highest BCUT2D eigenvalue weighted by Gasteiger charge is 2.61. The molecule has 1 N–H and O–H groups in total. The van der Waals surface area contributed by atoms with Gasteiger partial charge in [-0.25, -0.2) is 0 Å². The summed E-state index contributed by atoms with van der Waals surface area (Å²) >= 11 is 0. The number of nitrogens with one attached hydrogen (secondary N) is 1. The Labute approximate surface area is 185 Å². The van der Waals surface area contributed by atoms with Gasteiger partial charge in [-0.1, -0.05) is 30.3 Å². The van der Waals surface area contributed by atoms with Crippen molar-refractivity contribution in [2.75, 3.05) is 6.61 Å². The molecule has 1 aliphatic carbocycles. The molecule has 1 atom stereocenters. The van der Waals surface area contributed by atoms with E-state index in [2.05, 4.69) is 10.3 Å². The van der Waals surface area contributed by atoms with E-state index in [1.165, 1.54) is 13.3 Å². The van der Waals surface area contributed by atoms with Gasteiger partial charge in [-0.2, -0.15) is 26.3 Å². The van der Waals surface area contributed by atoms with Gasteiger partial charge in [0.1, 0.15) is 5.54 Å². The Bertz CT molecular complexity index is 1040. The maximum absolute atomic E-state index is 13.2. The average Bonchev–Trinajstić information content (AvgIpc) is 3.11. The Morgan fingerprint density at radius 1 is 1.00 bits per heavy atom. The third kappa shape index (κ3) is 4.36. The highest BCUT2D eigenvalue weighted by molar-refractivity contribution is 6.01. The molecule has 2 aliphatic rings. The second kappa shape index (κ2) is 7.86. The lowest BCUT2D eigenvalue weighted by atomic mass is 9.55. The molecule has 1 fully saturated rings. The van der Waals surface area contributed by atoms with Crippen molar-refractivity contribution < 1.29 is 35.9 Å². The summed E-state index contributed by atoms with van der Waals surface area (Å²) in [7, 11) is 0. The average molecular weight is 470 g/mol. The minimum Gasteiger partial charge on any atom is -0.373 e. The monoisotopic (exact) mass is 470 g/mol. The number of carbonyl (C=O) groups excluding carboxylic acids is 1. The molecule has 0 unspecified atom stereocenters. The number of halogens is 6. The third-order valence-corrected chi connectivity index (χ3v) is 6.27. The number of hydrogen-bond acceptors (Lipinski definition) is 3. The van der Waals surface area contributed by atoms with Crippen molar-refractivity contribution in [1.82, 2.24) is 5.32 Å². The van der Waals surface area contributed by atoms with Crippen molar-refractivity contribution in [3.05, 3.63) is 70.8 Å². The summed E-state index contributed by atoms with van der Waals surface area (Å²) in [4.78, 5) is 16.5. The fourth-order valence-electron chi connectivity index (χ4n) is 4.50. The molecule has 0 aromatic heterocycles. The van der Waals surface area contributed by atoms with Crippen molar-refractivity contribution in [1.29, 1.82) is 0 Å². The lowest BCUT2D eigenvalue weighted by molar-refractivity contribution is -0.143. The highest BCUT2D eigenvalue weighted by Crippen LogP contribution is 2.54. The molecular formula is C23H20F6N2O2. The van der Waals surface area contributed by atoms with E-state index in [4.69, 9.17) is 4.74 Å². The summed E-state index contributed by atoms with van der Waals surface area (Å²) in [6, 6.07) is 10.6. The molecule has 4 nitrogen and oxygen atoms in total. The molecule has 1 aliphatic heterocycles. The second-order valence-corrected chi connectivity index (χ2v) is 8.56. The molecule has 0 saturated heterocycles. The summed E-state index contributed by atoms with van der Waals surface area (Å²) in [5.74, 6) is -0.241. The third-order valence-electron chi connectivity index (χ3n) is 6.27.